The predicted octanol–water partition coefficient (Wildman–Crippen LogP) is 9.80. The summed E-state index contributed by atoms with van der Waals surface area (Å²) in [6, 6.07) is 12.6. The number of carbonyl (C=O) groups is 2. The maximum absolute atomic E-state index is 13.3. The molecule has 3 aliphatic carbocycles. The van der Waals surface area contributed by atoms with E-state index in [0.717, 1.165) is 33.4 Å². The molecule has 45 heavy (non-hydrogen) atoms. The number of cyclic esters (lactones) is 2. The standard InChI is InChI=1S/C40H50O3Si2/c1-23(2)44(24(3)4,25(5)6)21-19-29-17-18-30(20-22-45(26(7)8,27(9)10)28(11)12)34-33(29)35-31-15-13-14-16-32(31)36(34)38-37(35)39(41)43-40(38)42/h13-18,23-28,35-36H,1-12H3. The highest BCUT2D eigenvalue weighted by Gasteiger charge is 2.54. The van der Waals surface area contributed by atoms with Gasteiger partial charge >= 0.3 is 11.9 Å². The highest BCUT2D eigenvalue weighted by molar-refractivity contribution is 6.91. The second-order valence-corrected chi connectivity index (χ2v) is 26.4. The SMILES string of the molecule is CC(C)[Si](C#Cc1ccc(C#C[Si](C(C)C)(C(C)C)C(C)C)c2c1C1C3=C(C(=O)OC3=O)C2c2ccccc21)(C(C)C)C(C)C. The van der Waals surface area contributed by atoms with Crippen LogP contribution in [0.2, 0.25) is 33.2 Å². The summed E-state index contributed by atoms with van der Waals surface area (Å²) in [5.74, 6) is 5.68. The van der Waals surface area contributed by atoms with Crippen molar-refractivity contribution in [3.05, 3.63) is 80.9 Å². The van der Waals surface area contributed by atoms with Crippen LogP contribution in [-0.4, -0.2) is 28.1 Å². The minimum Gasteiger partial charge on any atom is -0.386 e. The predicted molar refractivity (Wildman–Crippen MR) is 191 cm³/mol. The first-order chi connectivity index (χ1) is 21.1. The van der Waals surface area contributed by atoms with Crippen molar-refractivity contribution in [3.63, 3.8) is 0 Å². The summed E-state index contributed by atoms with van der Waals surface area (Å²) in [7, 11) is -4.06. The lowest BCUT2D eigenvalue weighted by atomic mass is 9.59. The molecule has 2 aromatic carbocycles. The Kier molecular flexibility index (Phi) is 8.80. The zero-order valence-electron chi connectivity index (χ0n) is 29.3. The summed E-state index contributed by atoms with van der Waals surface area (Å²) in [6.45, 7) is 28.0. The van der Waals surface area contributed by atoms with E-state index in [1.807, 2.05) is 12.1 Å². The molecule has 0 amide bonds. The largest absolute Gasteiger partial charge is 0.386 e. The van der Waals surface area contributed by atoms with E-state index in [2.05, 4.69) is 130 Å². The van der Waals surface area contributed by atoms with Gasteiger partial charge < -0.3 is 4.74 Å². The van der Waals surface area contributed by atoms with Gasteiger partial charge in [-0.2, -0.15) is 0 Å². The third-order valence-corrected chi connectivity index (χ3v) is 24.1. The molecule has 4 aliphatic rings. The lowest BCUT2D eigenvalue weighted by Crippen LogP contribution is -2.43. The van der Waals surface area contributed by atoms with Gasteiger partial charge in [-0.05, 0) is 67.6 Å². The molecule has 0 aromatic heterocycles. The fourth-order valence-electron chi connectivity index (χ4n) is 9.60. The quantitative estimate of drug-likeness (QED) is 0.138. The second kappa shape index (κ2) is 11.9. The molecular weight excluding hydrogens is 585 g/mol. The Labute approximate surface area is 273 Å². The summed E-state index contributed by atoms with van der Waals surface area (Å²) in [5.41, 5.74) is 18.0. The average molecular weight is 635 g/mol. The molecule has 0 radical (unpaired) electrons. The lowest BCUT2D eigenvalue weighted by molar-refractivity contribution is -0.151. The van der Waals surface area contributed by atoms with Gasteiger partial charge in [0.1, 0.15) is 16.1 Å². The van der Waals surface area contributed by atoms with Gasteiger partial charge in [0.2, 0.25) is 0 Å². The first-order valence-electron chi connectivity index (χ1n) is 16.9. The number of rotatable bonds is 6. The highest BCUT2D eigenvalue weighted by atomic mass is 28.3. The van der Waals surface area contributed by atoms with Crippen LogP contribution in [0.3, 0.4) is 0 Å². The first kappa shape index (κ1) is 33.2. The maximum Gasteiger partial charge on any atom is 0.343 e. The highest BCUT2D eigenvalue weighted by Crippen LogP contribution is 2.59. The number of hydrogen-bond donors (Lipinski definition) is 0. The van der Waals surface area contributed by atoms with Gasteiger partial charge in [-0.15, -0.1) is 11.1 Å². The minimum absolute atomic E-state index is 0.392. The van der Waals surface area contributed by atoms with Crippen molar-refractivity contribution in [2.75, 3.05) is 0 Å². The Morgan fingerprint density at radius 2 is 0.844 bits per heavy atom. The zero-order chi connectivity index (χ0) is 33.2. The van der Waals surface area contributed by atoms with E-state index >= 15 is 0 Å². The van der Waals surface area contributed by atoms with Crippen LogP contribution in [0.4, 0.5) is 0 Å². The topological polar surface area (TPSA) is 43.4 Å². The summed E-state index contributed by atoms with van der Waals surface area (Å²) in [5, 5.41) is 0. The number of carbonyl (C=O) groups excluding carboxylic acids is 2. The number of esters is 2. The third kappa shape index (κ3) is 4.85. The Morgan fingerprint density at radius 1 is 0.533 bits per heavy atom. The van der Waals surface area contributed by atoms with E-state index in [-0.39, 0.29) is 0 Å². The zero-order valence-corrected chi connectivity index (χ0v) is 31.3. The molecule has 0 saturated heterocycles. The summed E-state index contributed by atoms with van der Waals surface area (Å²) in [6.07, 6.45) is 0. The molecule has 0 saturated carbocycles. The van der Waals surface area contributed by atoms with Crippen molar-refractivity contribution in [2.24, 2.45) is 0 Å². The third-order valence-electron chi connectivity index (χ3n) is 11.5. The maximum atomic E-state index is 13.3. The van der Waals surface area contributed by atoms with Gasteiger partial charge in [-0.25, -0.2) is 9.59 Å². The molecule has 2 atom stereocenters. The summed E-state index contributed by atoms with van der Waals surface area (Å²) >= 11 is 0. The van der Waals surface area contributed by atoms with Crippen LogP contribution in [0.1, 0.15) is 128 Å². The number of hydrogen-bond acceptors (Lipinski definition) is 3. The Bertz CT molecular complexity index is 1550. The molecule has 0 N–H and O–H groups in total. The monoisotopic (exact) mass is 634 g/mol. The van der Waals surface area contributed by atoms with E-state index < -0.39 is 39.9 Å². The van der Waals surface area contributed by atoms with Crippen molar-refractivity contribution in [3.8, 4) is 22.9 Å². The lowest BCUT2D eigenvalue weighted by Gasteiger charge is -2.41. The average Bonchev–Trinajstić information content (AvgIpc) is 3.27. The normalized spacial score (nSPS) is 18.8. The number of benzene rings is 2. The van der Waals surface area contributed by atoms with Gasteiger partial charge in [0, 0.05) is 23.0 Å². The number of ether oxygens (including phenoxy) is 1. The van der Waals surface area contributed by atoms with Crippen molar-refractivity contribution >= 4 is 28.1 Å². The van der Waals surface area contributed by atoms with Crippen molar-refractivity contribution in [2.45, 2.75) is 128 Å². The van der Waals surface area contributed by atoms with E-state index in [9.17, 15) is 9.59 Å². The fourth-order valence-corrected chi connectivity index (χ4v) is 20.0. The van der Waals surface area contributed by atoms with Crippen LogP contribution in [0.15, 0.2) is 47.5 Å². The molecule has 6 rings (SSSR count). The molecule has 5 heteroatoms. The first-order valence-corrected chi connectivity index (χ1v) is 21.4. The van der Waals surface area contributed by atoms with Crippen LogP contribution in [-0.2, 0) is 14.3 Å². The van der Waals surface area contributed by atoms with Crippen LogP contribution in [0, 0.1) is 22.9 Å². The second-order valence-electron chi connectivity index (χ2n) is 15.3. The molecule has 2 unspecified atom stereocenters. The van der Waals surface area contributed by atoms with Gasteiger partial charge in [0.05, 0.1) is 11.1 Å². The smallest absolute Gasteiger partial charge is 0.343 e. The molecule has 0 fully saturated rings. The van der Waals surface area contributed by atoms with Gasteiger partial charge in [0.25, 0.3) is 0 Å². The van der Waals surface area contributed by atoms with Crippen LogP contribution >= 0.6 is 0 Å². The van der Waals surface area contributed by atoms with Crippen molar-refractivity contribution < 1.29 is 14.3 Å². The van der Waals surface area contributed by atoms with Gasteiger partial charge in [-0.3, -0.25) is 0 Å². The Balaban J connectivity index is 1.86. The van der Waals surface area contributed by atoms with Crippen LogP contribution in [0.5, 0.6) is 0 Å². The molecule has 3 nitrogen and oxygen atoms in total. The Hall–Kier alpha value is -3.13. The van der Waals surface area contributed by atoms with E-state index in [1.54, 1.807) is 0 Å². The summed E-state index contributed by atoms with van der Waals surface area (Å²) < 4.78 is 5.34. The van der Waals surface area contributed by atoms with Crippen LogP contribution in [0.25, 0.3) is 0 Å². The fraction of sp³-hybridized carbons (Fsp3) is 0.500. The molecule has 1 aliphatic heterocycles. The molecule has 2 aromatic rings. The Morgan fingerprint density at radius 3 is 1.13 bits per heavy atom. The summed E-state index contributed by atoms with van der Waals surface area (Å²) in [4.78, 5) is 26.7. The van der Waals surface area contributed by atoms with E-state index in [0.29, 0.717) is 44.4 Å². The van der Waals surface area contributed by atoms with Crippen molar-refractivity contribution in [1.29, 1.82) is 0 Å². The van der Waals surface area contributed by atoms with E-state index in [1.165, 1.54) is 0 Å². The molecule has 2 bridgehead atoms. The van der Waals surface area contributed by atoms with Gasteiger partial charge in [-0.1, -0.05) is 119 Å². The molecular formula is C40H50O3Si2. The van der Waals surface area contributed by atoms with Gasteiger partial charge in [0.15, 0.2) is 0 Å². The van der Waals surface area contributed by atoms with Crippen molar-refractivity contribution in [1.82, 2.24) is 0 Å². The molecule has 0 spiro atoms. The van der Waals surface area contributed by atoms with E-state index in [4.69, 9.17) is 4.74 Å². The molecule has 236 valence electrons. The van der Waals surface area contributed by atoms with Crippen LogP contribution < -0.4 is 0 Å². The minimum atomic E-state index is -2.03. The molecule has 1 heterocycles.